The number of carbonyl (C=O) groups excluding carboxylic acids is 1. The molecule has 6 nitrogen and oxygen atoms in total. The molecule has 0 radical (unpaired) electrons. The van der Waals surface area contributed by atoms with Gasteiger partial charge in [-0.15, -0.1) is 11.3 Å². The summed E-state index contributed by atoms with van der Waals surface area (Å²) < 4.78 is 11.1. The standard InChI is InChI=1S/C23H21NO5S/c1-3-29-17-11-14(9-10-16(17)28-2)15-12-18(25)24-20-19(13-7-5-4-6-8-13)22(23(26)27)30-21(15)20/h4-11,15H,3,12H2,1-2H3,(H,24,25)(H,26,27). The number of carboxylic acid groups (broad SMARTS) is 1. The van der Waals surface area contributed by atoms with Gasteiger partial charge in [0.2, 0.25) is 5.91 Å². The fraction of sp³-hybridized carbons (Fsp3) is 0.217. The molecule has 0 spiro atoms. The topological polar surface area (TPSA) is 84.9 Å². The number of anilines is 1. The van der Waals surface area contributed by atoms with Gasteiger partial charge in [0.15, 0.2) is 11.5 Å². The summed E-state index contributed by atoms with van der Waals surface area (Å²) in [6, 6.07) is 14.9. The van der Waals surface area contributed by atoms with Crippen LogP contribution in [0.15, 0.2) is 48.5 Å². The van der Waals surface area contributed by atoms with Crippen LogP contribution in [0.1, 0.15) is 39.4 Å². The minimum atomic E-state index is -1.01. The van der Waals surface area contributed by atoms with Gasteiger partial charge < -0.3 is 19.9 Å². The van der Waals surface area contributed by atoms with E-state index in [-0.39, 0.29) is 23.1 Å². The monoisotopic (exact) mass is 423 g/mol. The van der Waals surface area contributed by atoms with E-state index >= 15 is 0 Å². The van der Waals surface area contributed by atoms with Gasteiger partial charge in [0.05, 0.1) is 19.4 Å². The summed E-state index contributed by atoms with van der Waals surface area (Å²) in [7, 11) is 1.58. The third-order valence-electron chi connectivity index (χ3n) is 5.05. The van der Waals surface area contributed by atoms with E-state index in [1.807, 2.05) is 55.5 Å². The van der Waals surface area contributed by atoms with Crippen LogP contribution in [0, 0.1) is 0 Å². The number of aromatic carboxylic acids is 1. The predicted octanol–water partition coefficient (Wildman–Crippen LogP) is 4.99. The van der Waals surface area contributed by atoms with Gasteiger partial charge in [0.25, 0.3) is 0 Å². The maximum atomic E-state index is 12.6. The van der Waals surface area contributed by atoms with E-state index in [2.05, 4.69) is 5.32 Å². The fourth-order valence-corrected chi connectivity index (χ4v) is 5.01. The van der Waals surface area contributed by atoms with Crippen molar-refractivity contribution in [3.8, 4) is 22.6 Å². The van der Waals surface area contributed by atoms with Crippen molar-refractivity contribution in [2.45, 2.75) is 19.3 Å². The normalized spacial score (nSPS) is 15.3. The van der Waals surface area contributed by atoms with Gasteiger partial charge in [-0.1, -0.05) is 36.4 Å². The molecular weight excluding hydrogens is 402 g/mol. The molecular formula is C23H21NO5S. The number of carboxylic acids is 1. The molecule has 2 heterocycles. The van der Waals surface area contributed by atoms with Crippen LogP contribution in [0.3, 0.4) is 0 Å². The third-order valence-corrected chi connectivity index (χ3v) is 6.34. The number of carbonyl (C=O) groups is 2. The first-order chi connectivity index (χ1) is 14.5. The number of hydrogen-bond acceptors (Lipinski definition) is 5. The van der Waals surface area contributed by atoms with Gasteiger partial charge >= 0.3 is 5.97 Å². The van der Waals surface area contributed by atoms with E-state index in [0.29, 0.717) is 29.4 Å². The zero-order valence-electron chi connectivity index (χ0n) is 16.6. The van der Waals surface area contributed by atoms with E-state index in [4.69, 9.17) is 9.47 Å². The Balaban J connectivity index is 1.88. The number of rotatable bonds is 6. The number of thiophene rings is 1. The summed E-state index contributed by atoms with van der Waals surface area (Å²) >= 11 is 1.21. The minimum absolute atomic E-state index is 0.145. The lowest BCUT2D eigenvalue weighted by Gasteiger charge is -2.24. The summed E-state index contributed by atoms with van der Waals surface area (Å²) in [5, 5.41) is 12.8. The maximum absolute atomic E-state index is 12.6. The quantitative estimate of drug-likeness (QED) is 0.583. The highest BCUT2D eigenvalue weighted by Crippen LogP contribution is 2.50. The van der Waals surface area contributed by atoms with Crippen molar-refractivity contribution in [2.75, 3.05) is 19.0 Å². The summed E-state index contributed by atoms with van der Waals surface area (Å²) in [5.74, 6) is -0.203. The highest BCUT2D eigenvalue weighted by molar-refractivity contribution is 7.15. The molecule has 1 amide bonds. The molecule has 1 unspecified atom stereocenters. The molecule has 1 aliphatic rings. The lowest BCUT2D eigenvalue weighted by atomic mass is 9.88. The largest absolute Gasteiger partial charge is 0.493 e. The number of methoxy groups -OCH3 is 1. The van der Waals surface area contributed by atoms with Crippen molar-refractivity contribution in [1.29, 1.82) is 0 Å². The molecule has 1 aliphatic heterocycles. The van der Waals surface area contributed by atoms with E-state index in [0.717, 1.165) is 16.0 Å². The van der Waals surface area contributed by atoms with Crippen LogP contribution in [-0.4, -0.2) is 30.7 Å². The average molecular weight is 423 g/mol. The van der Waals surface area contributed by atoms with Crippen molar-refractivity contribution < 1.29 is 24.2 Å². The van der Waals surface area contributed by atoms with E-state index in [1.54, 1.807) is 7.11 Å². The Kier molecular flexibility index (Phi) is 5.46. The Morgan fingerprint density at radius 3 is 2.63 bits per heavy atom. The molecule has 2 N–H and O–H groups in total. The molecule has 30 heavy (non-hydrogen) atoms. The van der Waals surface area contributed by atoms with Crippen molar-refractivity contribution in [1.82, 2.24) is 0 Å². The van der Waals surface area contributed by atoms with Crippen LogP contribution in [-0.2, 0) is 4.79 Å². The number of nitrogens with one attached hydrogen (secondary N) is 1. The molecule has 1 atom stereocenters. The van der Waals surface area contributed by atoms with Crippen LogP contribution < -0.4 is 14.8 Å². The van der Waals surface area contributed by atoms with Gasteiger partial charge in [-0.05, 0) is 30.2 Å². The highest BCUT2D eigenvalue weighted by Gasteiger charge is 2.34. The van der Waals surface area contributed by atoms with Crippen LogP contribution in [0.25, 0.3) is 11.1 Å². The molecule has 3 aromatic rings. The second-order valence-electron chi connectivity index (χ2n) is 6.86. The van der Waals surface area contributed by atoms with Crippen LogP contribution in [0.2, 0.25) is 0 Å². The van der Waals surface area contributed by atoms with Crippen LogP contribution in [0.4, 0.5) is 5.69 Å². The van der Waals surface area contributed by atoms with Gasteiger partial charge in [-0.25, -0.2) is 4.79 Å². The summed E-state index contributed by atoms with van der Waals surface area (Å²) in [6.07, 6.45) is 0.235. The lowest BCUT2D eigenvalue weighted by Crippen LogP contribution is -2.22. The smallest absolute Gasteiger partial charge is 0.346 e. The molecule has 0 saturated heterocycles. The summed E-state index contributed by atoms with van der Waals surface area (Å²) in [4.78, 5) is 25.7. The van der Waals surface area contributed by atoms with E-state index in [1.165, 1.54) is 11.3 Å². The number of hydrogen-bond donors (Lipinski definition) is 2. The highest BCUT2D eigenvalue weighted by atomic mass is 32.1. The number of fused-ring (bicyclic) bond motifs is 1. The van der Waals surface area contributed by atoms with Gasteiger partial charge in [0.1, 0.15) is 4.88 Å². The first-order valence-electron chi connectivity index (χ1n) is 9.59. The second kappa shape index (κ2) is 8.20. The van der Waals surface area contributed by atoms with Crippen LogP contribution in [0.5, 0.6) is 11.5 Å². The fourth-order valence-electron chi connectivity index (χ4n) is 3.77. The molecule has 1 aromatic heterocycles. The first kappa shape index (κ1) is 20.0. The Morgan fingerprint density at radius 2 is 1.97 bits per heavy atom. The van der Waals surface area contributed by atoms with Crippen molar-refractivity contribution in [2.24, 2.45) is 0 Å². The molecule has 0 aliphatic carbocycles. The van der Waals surface area contributed by atoms with Gasteiger partial charge in [0, 0.05) is 22.8 Å². The number of ether oxygens (including phenoxy) is 2. The predicted molar refractivity (Wildman–Crippen MR) is 116 cm³/mol. The molecule has 7 heteroatoms. The Labute approximate surface area is 178 Å². The lowest BCUT2D eigenvalue weighted by molar-refractivity contribution is -0.116. The SMILES string of the molecule is CCOc1cc(C2CC(=O)Nc3c2sc(C(=O)O)c3-c2ccccc2)ccc1OC. The summed E-state index contributed by atoms with van der Waals surface area (Å²) in [5.41, 5.74) is 2.78. The second-order valence-corrected chi connectivity index (χ2v) is 7.92. The third kappa shape index (κ3) is 3.52. The number of amides is 1. The van der Waals surface area contributed by atoms with Crippen molar-refractivity contribution in [3.63, 3.8) is 0 Å². The van der Waals surface area contributed by atoms with E-state index in [9.17, 15) is 14.7 Å². The molecule has 154 valence electrons. The average Bonchev–Trinajstić information content (AvgIpc) is 3.13. The minimum Gasteiger partial charge on any atom is -0.493 e. The summed E-state index contributed by atoms with van der Waals surface area (Å²) in [6.45, 7) is 2.37. The molecule has 0 bridgehead atoms. The Bertz CT molecular complexity index is 1110. The Hall–Kier alpha value is -3.32. The molecule has 0 fully saturated rings. The number of benzene rings is 2. The van der Waals surface area contributed by atoms with Gasteiger partial charge in [-0.2, -0.15) is 0 Å². The van der Waals surface area contributed by atoms with Crippen molar-refractivity contribution >= 4 is 28.9 Å². The molecule has 0 saturated carbocycles. The zero-order chi connectivity index (χ0) is 21.3. The molecule has 4 rings (SSSR count). The van der Waals surface area contributed by atoms with E-state index < -0.39 is 5.97 Å². The molecule has 2 aromatic carbocycles. The first-order valence-corrected chi connectivity index (χ1v) is 10.4. The van der Waals surface area contributed by atoms with Gasteiger partial charge in [-0.3, -0.25) is 4.79 Å². The Morgan fingerprint density at radius 1 is 1.20 bits per heavy atom. The zero-order valence-corrected chi connectivity index (χ0v) is 17.4. The van der Waals surface area contributed by atoms with Crippen molar-refractivity contribution in [3.05, 3.63) is 63.8 Å². The van der Waals surface area contributed by atoms with Crippen LogP contribution >= 0.6 is 11.3 Å². The maximum Gasteiger partial charge on any atom is 0.346 e.